The average Bonchev–Trinajstić information content (AvgIpc) is 3.19. The first kappa shape index (κ1) is 24.8. The second kappa shape index (κ2) is 11.9. The number of carbonyl (C=O) groups is 1. The van der Waals surface area contributed by atoms with Crippen molar-refractivity contribution < 1.29 is 18.0 Å². The summed E-state index contributed by atoms with van der Waals surface area (Å²) in [5.41, 5.74) is 0.656. The minimum atomic E-state index is -4.44. The molecule has 3 aromatic rings. The Labute approximate surface area is 195 Å². The van der Waals surface area contributed by atoms with E-state index in [2.05, 4.69) is 15.5 Å². The first-order chi connectivity index (χ1) is 15.9. The van der Waals surface area contributed by atoms with Crippen LogP contribution in [0.5, 0.6) is 0 Å². The second-order valence-corrected chi connectivity index (χ2v) is 8.66. The first-order valence-corrected chi connectivity index (χ1v) is 11.9. The molecule has 1 amide bonds. The third-order valence-electron chi connectivity index (χ3n) is 4.94. The molecule has 5 nitrogen and oxygen atoms in total. The van der Waals surface area contributed by atoms with Crippen LogP contribution in [-0.4, -0.2) is 33.0 Å². The fourth-order valence-electron chi connectivity index (χ4n) is 3.27. The molecule has 1 N–H and O–H groups in total. The summed E-state index contributed by atoms with van der Waals surface area (Å²) < 4.78 is 41.6. The third kappa shape index (κ3) is 7.35. The first-order valence-electron chi connectivity index (χ1n) is 10.9. The van der Waals surface area contributed by atoms with Gasteiger partial charge in [-0.2, -0.15) is 13.2 Å². The lowest BCUT2D eigenvalue weighted by Gasteiger charge is -2.13. The molecule has 2 aromatic carbocycles. The van der Waals surface area contributed by atoms with Crippen LogP contribution >= 0.6 is 11.8 Å². The summed E-state index contributed by atoms with van der Waals surface area (Å²) in [5.74, 6) is 1.30. The number of hydrogen-bond acceptors (Lipinski definition) is 4. The van der Waals surface area contributed by atoms with Crippen molar-refractivity contribution in [3.63, 3.8) is 0 Å². The van der Waals surface area contributed by atoms with Gasteiger partial charge < -0.3 is 5.32 Å². The number of aromatic nitrogens is 3. The molecule has 0 saturated heterocycles. The van der Waals surface area contributed by atoms with Gasteiger partial charge in [0.25, 0.3) is 0 Å². The highest BCUT2D eigenvalue weighted by atomic mass is 32.2. The van der Waals surface area contributed by atoms with Gasteiger partial charge in [0.1, 0.15) is 5.82 Å². The molecule has 1 heterocycles. The molecular formula is C24H27F3N4OS. The van der Waals surface area contributed by atoms with Gasteiger partial charge in [-0.3, -0.25) is 9.36 Å². The van der Waals surface area contributed by atoms with Crippen LogP contribution in [0.2, 0.25) is 0 Å². The van der Waals surface area contributed by atoms with E-state index in [1.807, 2.05) is 37.3 Å². The van der Waals surface area contributed by atoms with Crippen LogP contribution in [0.1, 0.15) is 49.6 Å². The van der Waals surface area contributed by atoms with Crippen LogP contribution in [0.25, 0.3) is 5.69 Å². The van der Waals surface area contributed by atoms with E-state index in [-0.39, 0.29) is 5.91 Å². The van der Waals surface area contributed by atoms with Crippen molar-refractivity contribution in [3.05, 3.63) is 71.5 Å². The molecule has 0 aliphatic carbocycles. The van der Waals surface area contributed by atoms with Gasteiger partial charge >= 0.3 is 6.18 Å². The number of halogens is 3. The zero-order chi connectivity index (χ0) is 23.7. The van der Waals surface area contributed by atoms with Gasteiger partial charge in [0, 0.05) is 25.1 Å². The quantitative estimate of drug-likeness (QED) is 0.286. The maximum Gasteiger partial charge on any atom is 0.416 e. The number of thioether (sulfide) groups is 1. The highest BCUT2D eigenvalue weighted by Crippen LogP contribution is 2.32. The van der Waals surface area contributed by atoms with Gasteiger partial charge in [-0.1, -0.05) is 55.1 Å². The molecule has 0 saturated carbocycles. The van der Waals surface area contributed by atoms with Crippen molar-refractivity contribution >= 4 is 17.7 Å². The molecule has 0 spiro atoms. The highest BCUT2D eigenvalue weighted by molar-refractivity contribution is 7.99. The van der Waals surface area contributed by atoms with E-state index >= 15 is 0 Å². The number of nitrogens with one attached hydrogen (secondary N) is 1. The van der Waals surface area contributed by atoms with E-state index in [0.717, 1.165) is 37.0 Å². The fourth-order valence-corrected chi connectivity index (χ4v) is 4.24. The molecule has 1 aromatic heterocycles. The largest absolute Gasteiger partial charge is 0.416 e. The summed E-state index contributed by atoms with van der Waals surface area (Å²) in [4.78, 5) is 11.7. The minimum absolute atomic E-state index is 0.0409. The lowest BCUT2D eigenvalue weighted by molar-refractivity contribution is -0.137. The number of rotatable bonds is 11. The smallest absolute Gasteiger partial charge is 0.356 e. The number of alkyl halides is 3. The van der Waals surface area contributed by atoms with Gasteiger partial charge in [-0.05, 0) is 43.0 Å². The minimum Gasteiger partial charge on any atom is -0.356 e. The van der Waals surface area contributed by atoms with E-state index in [1.54, 1.807) is 10.6 Å². The maximum absolute atomic E-state index is 13.3. The lowest BCUT2D eigenvalue weighted by atomic mass is 10.1. The molecule has 0 fully saturated rings. The number of amides is 1. The Morgan fingerprint density at radius 3 is 2.58 bits per heavy atom. The Morgan fingerprint density at radius 2 is 1.85 bits per heavy atom. The van der Waals surface area contributed by atoms with E-state index in [0.29, 0.717) is 41.8 Å². The summed E-state index contributed by atoms with van der Waals surface area (Å²) in [5, 5.41) is 11.9. The molecule has 0 aliphatic rings. The SMILES string of the molecule is CCCNC(=O)CCCCSc1nnc(Cc2ccccc2)n1-c1cccc(C(F)(F)F)c1. The summed E-state index contributed by atoms with van der Waals surface area (Å²) in [6.07, 6.45) is -1.11. The molecule has 33 heavy (non-hydrogen) atoms. The van der Waals surface area contributed by atoms with Crippen molar-refractivity contribution in [2.24, 2.45) is 0 Å². The fraction of sp³-hybridized carbons (Fsp3) is 0.375. The number of benzene rings is 2. The summed E-state index contributed by atoms with van der Waals surface area (Å²) in [7, 11) is 0. The zero-order valence-corrected chi connectivity index (χ0v) is 19.3. The average molecular weight is 477 g/mol. The van der Waals surface area contributed by atoms with Crippen LogP contribution in [0.15, 0.2) is 59.8 Å². The van der Waals surface area contributed by atoms with Crippen molar-refractivity contribution in [1.29, 1.82) is 0 Å². The standard InChI is InChI=1S/C24H27F3N4OS/c1-2-14-28-22(32)13-6-7-15-33-23-30-29-21(16-18-9-4-3-5-10-18)31(23)20-12-8-11-19(17-20)24(25,26)27/h3-5,8-12,17H,2,6-7,13-16H2,1H3,(H,28,32). The molecule has 0 atom stereocenters. The van der Waals surface area contributed by atoms with Crippen molar-refractivity contribution in [1.82, 2.24) is 20.1 Å². The van der Waals surface area contributed by atoms with Crippen LogP contribution in [0.3, 0.4) is 0 Å². The summed E-state index contributed by atoms with van der Waals surface area (Å²) in [6, 6.07) is 14.8. The highest BCUT2D eigenvalue weighted by Gasteiger charge is 2.31. The van der Waals surface area contributed by atoms with Gasteiger partial charge in [-0.25, -0.2) is 0 Å². The number of hydrogen-bond donors (Lipinski definition) is 1. The topological polar surface area (TPSA) is 59.8 Å². The Balaban J connectivity index is 1.76. The Hall–Kier alpha value is -2.81. The third-order valence-corrected chi connectivity index (χ3v) is 5.95. The van der Waals surface area contributed by atoms with Crippen molar-refractivity contribution in [2.45, 2.75) is 50.4 Å². The van der Waals surface area contributed by atoms with Crippen molar-refractivity contribution in [3.8, 4) is 5.69 Å². The van der Waals surface area contributed by atoms with Crippen LogP contribution in [0, 0.1) is 0 Å². The zero-order valence-electron chi connectivity index (χ0n) is 18.4. The van der Waals surface area contributed by atoms with E-state index in [1.165, 1.54) is 17.8 Å². The summed E-state index contributed by atoms with van der Waals surface area (Å²) >= 11 is 1.43. The van der Waals surface area contributed by atoms with Gasteiger partial charge in [0.05, 0.1) is 11.3 Å². The predicted octanol–water partition coefficient (Wildman–Crippen LogP) is 5.67. The Kier molecular flexibility index (Phi) is 8.94. The van der Waals surface area contributed by atoms with Crippen LogP contribution < -0.4 is 5.32 Å². The predicted molar refractivity (Wildman–Crippen MR) is 123 cm³/mol. The van der Waals surface area contributed by atoms with Crippen LogP contribution in [0.4, 0.5) is 13.2 Å². The molecule has 9 heteroatoms. The molecule has 3 rings (SSSR count). The van der Waals surface area contributed by atoms with E-state index < -0.39 is 11.7 Å². The molecular weight excluding hydrogens is 449 g/mol. The van der Waals surface area contributed by atoms with Crippen molar-refractivity contribution in [2.75, 3.05) is 12.3 Å². The maximum atomic E-state index is 13.3. The number of carbonyl (C=O) groups excluding carboxylic acids is 1. The lowest BCUT2D eigenvalue weighted by Crippen LogP contribution is -2.23. The Morgan fingerprint density at radius 1 is 1.06 bits per heavy atom. The molecule has 0 radical (unpaired) electrons. The van der Waals surface area contributed by atoms with Gasteiger partial charge in [0.2, 0.25) is 5.91 Å². The van der Waals surface area contributed by atoms with E-state index in [9.17, 15) is 18.0 Å². The molecule has 0 aliphatic heterocycles. The van der Waals surface area contributed by atoms with Gasteiger partial charge in [-0.15, -0.1) is 10.2 Å². The molecule has 176 valence electrons. The molecule has 0 bridgehead atoms. The monoisotopic (exact) mass is 476 g/mol. The van der Waals surface area contributed by atoms with E-state index in [4.69, 9.17) is 0 Å². The number of nitrogens with zero attached hydrogens (tertiary/aromatic N) is 3. The molecule has 0 unspecified atom stereocenters. The number of unbranched alkanes of at least 4 members (excludes halogenated alkanes) is 1. The summed E-state index contributed by atoms with van der Waals surface area (Å²) in [6.45, 7) is 2.68. The second-order valence-electron chi connectivity index (χ2n) is 7.60. The van der Waals surface area contributed by atoms with Gasteiger partial charge in [0.15, 0.2) is 5.16 Å². The van der Waals surface area contributed by atoms with Crippen LogP contribution in [-0.2, 0) is 17.4 Å². The normalized spacial score (nSPS) is 11.5. The Bertz CT molecular complexity index is 1040.